The van der Waals surface area contributed by atoms with E-state index < -0.39 is 21.8 Å². The van der Waals surface area contributed by atoms with Crippen molar-refractivity contribution in [2.75, 3.05) is 24.9 Å². The molecule has 0 radical (unpaired) electrons. The van der Waals surface area contributed by atoms with Gasteiger partial charge in [0.25, 0.3) is 10.0 Å². The summed E-state index contributed by atoms with van der Waals surface area (Å²) in [6.07, 6.45) is -3.72. The molecule has 0 spiro atoms. The number of nitrogens with one attached hydrogen (secondary N) is 1. The van der Waals surface area contributed by atoms with E-state index in [2.05, 4.69) is 4.72 Å². The lowest BCUT2D eigenvalue weighted by Gasteiger charge is -2.19. The number of sulfonamides is 1. The summed E-state index contributed by atoms with van der Waals surface area (Å²) in [5.41, 5.74) is -0.0705. The lowest BCUT2D eigenvalue weighted by molar-refractivity contribution is -0.139. The number of rotatable bonds is 6. The van der Waals surface area contributed by atoms with Gasteiger partial charge >= 0.3 is 6.18 Å². The van der Waals surface area contributed by atoms with Crippen LogP contribution in [0.15, 0.2) is 47.4 Å². The van der Waals surface area contributed by atoms with E-state index in [0.717, 1.165) is 30.3 Å². The molecule has 2 aromatic carbocycles. The van der Waals surface area contributed by atoms with Crippen LogP contribution in [0, 0.1) is 0 Å². The SMILES string of the molecule is CCc1cccc(S(=O)(=O)Nc2ccc(C(F)(F)F)c(O[C@@H]3CCN(C)C3)c2)c1. The Morgan fingerprint density at radius 1 is 1.21 bits per heavy atom. The number of ether oxygens (including phenoxy) is 1. The Morgan fingerprint density at radius 2 is 1.97 bits per heavy atom. The van der Waals surface area contributed by atoms with E-state index in [9.17, 15) is 21.6 Å². The lowest BCUT2D eigenvalue weighted by Crippen LogP contribution is -2.23. The van der Waals surface area contributed by atoms with Crippen molar-refractivity contribution in [3.8, 4) is 5.75 Å². The van der Waals surface area contributed by atoms with Crippen molar-refractivity contribution in [1.29, 1.82) is 0 Å². The predicted molar refractivity (Wildman–Crippen MR) is 105 cm³/mol. The quantitative estimate of drug-likeness (QED) is 0.751. The molecule has 1 heterocycles. The fraction of sp³-hybridized carbons (Fsp3) is 0.400. The largest absolute Gasteiger partial charge is 0.488 e. The van der Waals surface area contributed by atoms with E-state index in [-0.39, 0.29) is 22.4 Å². The van der Waals surface area contributed by atoms with Crippen molar-refractivity contribution < 1.29 is 26.3 Å². The summed E-state index contributed by atoms with van der Waals surface area (Å²) < 4.78 is 73.5. The van der Waals surface area contributed by atoms with Crippen LogP contribution in [0.2, 0.25) is 0 Å². The van der Waals surface area contributed by atoms with Gasteiger partial charge in [0.2, 0.25) is 0 Å². The molecule has 1 aliphatic rings. The number of alkyl halides is 3. The molecule has 2 aromatic rings. The number of anilines is 1. The molecule has 1 fully saturated rings. The van der Waals surface area contributed by atoms with Gasteiger partial charge in [-0.1, -0.05) is 19.1 Å². The summed E-state index contributed by atoms with van der Waals surface area (Å²) in [6.45, 7) is 3.14. The standard InChI is InChI=1S/C20H23F3N2O3S/c1-3-14-5-4-6-17(11-14)29(26,27)24-15-7-8-18(20(21,22)23)19(12-15)28-16-9-10-25(2)13-16/h4-8,11-12,16,24H,3,9-10,13H2,1-2H3/t16-/m1/s1. The summed E-state index contributed by atoms with van der Waals surface area (Å²) >= 11 is 0. The van der Waals surface area contributed by atoms with E-state index in [1.807, 2.05) is 24.9 Å². The number of likely N-dealkylation sites (N-methyl/N-ethyl adjacent to an activating group) is 1. The molecule has 5 nitrogen and oxygen atoms in total. The van der Waals surface area contributed by atoms with E-state index in [0.29, 0.717) is 19.4 Å². The molecule has 9 heteroatoms. The Labute approximate surface area is 168 Å². The van der Waals surface area contributed by atoms with Crippen molar-refractivity contribution in [3.63, 3.8) is 0 Å². The molecule has 1 atom stereocenters. The van der Waals surface area contributed by atoms with Crippen molar-refractivity contribution in [3.05, 3.63) is 53.6 Å². The van der Waals surface area contributed by atoms with Crippen molar-refractivity contribution in [1.82, 2.24) is 4.90 Å². The van der Waals surface area contributed by atoms with Gasteiger partial charge in [-0.05, 0) is 49.7 Å². The molecule has 0 unspecified atom stereocenters. The van der Waals surface area contributed by atoms with Crippen molar-refractivity contribution in [2.45, 2.75) is 36.9 Å². The van der Waals surface area contributed by atoms with Gasteiger partial charge in [0.15, 0.2) is 0 Å². The first kappa shape index (κ1) is 21.4. The molecule has 3 rings (SSSR count). The number of aryl methyl sites for hydroxylation is 1. The molecule has 0 saturated carbocycles. The topological polar surface area (TPSA) is 58.6 Å². The van der Waals surface area contributed by atoms with Crippen LogP contribution in [0.4, 0.5) is 18.9 Å². The zero-order valence-corrected chi connectivity index (χ0v) is 17.0. The van der Waals surface area contributed by atoms with E-state index in [1.54, 1.807) is 6.07 Å². The van der Waals surface area contributed by atoms with Gasteiger partial charge in [0.05, 0.1) is 16.1 Å². The number of nitrogens with zero attached hydrogens (tertiary/aromatic N) is 1. The molecule has 1 N–H and O–H groups in total. The number of likely N-dealkylation sites (tertiary alicyclic amines) is 1. The summed E-state index contributed by atoms with van der Waals surface area (Å²) in [6, 6.07) is 9.46. The highest BCUT2D eigenvalue weighted by Crippen LogP contribution is 2.39. The van der Waals surface area contributed by atoms with Crippen LogP contribution >= 0.6 is 0 Å². The fourth-order valence-corrected chi connectivity index (χ4v) is 4.35. The molecule has 1 saturated heterocycles. The number of hydrogen-bond acceptors (Lipinski definition) is 4. The molecule has 1 aliphatic heterocycles. The average Bonchev–Trinajstić information content (AvgIpc) is 3.05. The smallest absolute Gasteiger partial charge is 0.419 e. The fourth-order valence-electron chi connectivity index (χ4n) is 3.23. The first-order valence-corrected chi connectivity index (χ1v) is 10.7. The molecule has 29 heavy (non-hydrogen) atoms. The minimum Gasteiger partial charge on any atom is -0.488 e. The van der Waals surface area contributed by atoms with Gasteiger partial charge in [0.1, 0.15) is 11.9 Å². The monoisotopic (exact) mass is 428 g/mol. The highest BCUT2D eigenvalue weighted by Gasteiger charge is 2.36. The second-order valence-corrected chi connectivity index (χ2v) is 8.79. The van der Waals surface area contributed by atoms with Gasteiger partial charge in [-0.2, -0.15) is 13.2 Å². The zero-order chi connectivity index (χ0) is 21.2. The molecular formula is C20H23F3N2O3S. The minimum absolute atomic E-state index is 0.0150. The maximum absolute atomic E-state index is 13.4. The van der Waals surface area contributed by atoms with Gasteiger partial charge in [-0.15, -0.1) is 0 Å². The van der Waals surface area contributed by atoms with E-state index in [1.165, 1.54) is 12.1 Å². The maximum atomic E-state index is 13.4. The molecule has 158 valence electrons. The molecule has 0 aromatic heterocycles. The predicted octanol–water partition coefficient (Wildman–Crippen LogP) is 4.15. The summed E-state index contributed by atoms with van der Waals surface area (Å²) in [5, 5.41) is 0. The minimum atomic E-state index is -4.60. The Kier molecular flexibility index (Phi) is 6.09. The van der Waals surface area contributed by atoms with Crippen LogP contribution in [-0.4, -0.2) is 39.6 Å². The van der Waals surface area contributed by atoms with E-state index in [4.69, 9.17) is 4.74 Å². The van der Waals surface area contributed by atoms with Crippen LogP contribution in [0.5, 0.6) is 5.75 Å². The van der Waals surface area contributed by atoms with E-state index >= 15 is 0 Å². The highest BCUT2D eigenvalue weighted by molar-refractivity contribution is 7.92. The Balaban J connectivity index is 1.90. The summed E-state index contributed by atoms with van der Waals surface area (Å²) in [7, 11) is -2.08. The molecular weight excluding hydrogens is 405 g/mol. The summed E-state index contributed by atoms with van der Waals surface area (Å²) in [5.74, 6) is -0.375. The average molecular weight is 428 g/mol. The molecule has 0 bridgehead atoms. The number of hydrogen-bond donors (Lipinski definition) is 1. The van der Waals surface area contributed by atoms with Gasteiger partial charge < -0.3 is 9.64 Å². The third kappa shape index (κ3) is 5.22. The zero-order valence-electron chi connectivity index (χ0n) is 16.2. The molecule has 0 amide bonds. The third-order valence-corrected chi connectivity index (χ3v) is 6.18. The Bertz CT molecular complexity index is 977. The first-order chi connectivity index (χ1) is 13.6. The Hall–Kier alpha value is -2.26. The third-order valence-electron chi connectivity index (χ3n) is 4.80. The van der Waals surface area contributed by atoms with Crippen molar-refractivity contribution >= 4 is 15.7 Å². The number of halogens is 3. The van der Waals surface area contributed by atoms with Gasteiger partial charge in [0, 0.05) is 19.2 Å². The van der Waals surface area contributed by atoms with Gasteiger partial charge in [-0.3, -0.25) is 4.72 Å². The van der Waals surface area contributed by atoms with Crippen LogP contribution in [0.1, 0.15) is 24.5 Å². The van der Waals surface area contributed by atoms with Crippen LogP contribution in [-0.2, 0) is 22.6 Å². The van der Waals surface area contributed by atoms with Crippen LogP contribution in [0.25, 0.3) is 0 Å². The van der Waals surface area contributed by atoms with Crippen LogP contribution < -0.4 is 9.46 Å². The van der Waals surface area contributed by atoms with Crippen molar-refractivity contribution in [2.24, 2.45) is 0 Å². The lowest BCUT2D eigenvalue weighted by atomic mass is 10.1. The second kappa shape index (κ2) is 8.23. The normalized spacial score (nSPS) is 18.0. The van der Waals surface area contributed by atoms with Gasteiger partial charge in [-0.25, -0.2) is 8.42 Å². The highest BCUT2D eigenvalue weighted by atomic mass is 32.2. The summed E-state index contributed by atoms with van der Waals surface area (Å²) in [4.78, 5) is 2.02. The Morgan fingerprint density at radius 3 is 2.59 bits per heavy atom. The van der Waals surface area contributed by atoms with Crippen LogP contribution in [0.3, 0.4) is 0 Å². The maximum Gasteiger partial charge on any atom is 0.419 e. The molecule has 0 aliphatic carbocycles. The second-order valence-electron chi connectivity index (χ2n) is 7.11. The number of benzene rings is 2. The first-order valence-electron chi connectivity index (χ1n) is 9.26.